The van der Waals surface area contributed by atoms with Crippen LogP contribution in [-0.4, -0.2) is 120 Å². The third kappa shape index (κ3) is 13.4. The van der Waals surface area contributed by atoms with Crippen LogP contribution < -0.4 is 9.47 Å². The summed E-state index contributed by atoms with van der Waals surface area (Å²) in [6, 6.07) is 16.1. The van der Waals surface area contributed by atoms with Crippen molar-refractivity contribution in [2.75, 3.05) is 72.4 Å². The quantitative estimate of drug-likeness (QED) is 0.0743. The molecule has 2 fully saturated rings. The number of aromatic amines is 1. The predicted octanol–water partition coefficient (Wildman–Crippen LogP) is 7.61. The summed E-state index contributed by atoms with van der Waals surface area (Å²) in [5.74, 6) is 1.29. The number of alkyl halides is 3. The number of halogens is 4. The lowest BCUT2D eigenvalue weighted by Gasteiger charge is -2.37. The van der Waals surface area contributed by atoms with Crippen molar-refractivity contribution in [3.05, 3.63) is 116 Å². The monoisotopic (exact) mass is 979 g/mol. The van der Waals surface area contributed by atoms with Gasteiger partial charge in [0.05, 0.1) is 69.4 Å². The fourth-order valence-corrected chi connectivity index (χ4v) is 8.58. The Morgan fingerprint density at radius 1 is 0.894 bits per heavy atom. The van der Waals surface area contributed by atoms with Gasteiger partial charge in [0.2, 0.25) is 5.91 Å². The van der Waals surface area contributed by atoms with Gasteiger partial charge >= 0.3 is 6.18 Å². The number of hydrogen-bond acceptors (Lipinski definition) is 11. The first kappa shape index (κ1) is 49.0. The Morgan fingerprint density at radius 3 is 2.36 bits per heavy atom. The Kier molecular flexibility index (Phi) is 16.5. The number of nitrogens with zero attached hydrogens (tertiary/aromatic N) is 4. The Labute approximate surface area is 391 Å². The van der Waals surface area contributed by atoms with Crippen molar-refractivity contribution in [1.82, 2.24) is 24.8 Å². The molecule has 2 aliphatic rings. The topological polar surface area (TPSA) is 149 Å². The molecule has 2 aliphatic heterocycles. The average Bonchev–Trinajstić information content (AvgIpc) is 3.72. The number of carbonyl (C=O) groups excluding carboxylic acids is 2. The molecule has 1 amide bonds. The van der Waals surface area contributed by atoms with Crippen LogP contribution in [0.2, 0.25) is 0 Å². The van der Waals surface area contributed by atoms with E-state index in [1.54, 1.807) is 23.4 Å². The normalized spacial score (nSPS) is 16.7. The molecule has 0 saturated carbocycles. The number of carbonyl (C=O) groups is 2. The first-order chi connectivity index (χ1) is 31.6. The van der Waals surface area contributed by atoms with Crippen LogP contribution in [0, 0.1) is 20.8 Å². The number of benzene rings is 3. The summed E-state index contributed by atoms with van der Waals surface area (Å²) in [6.07, 6.45) is -0.00102. The van der Waals surface area contributed by atoms with Gasteiger partial charge < -0.3 is 38.7 Å². The predicted molar refractivity (Wildman–Crippen MR) is 245 cm³/mol. The zero-order valence-electron chi connectivity index (χ0n) is 37.6. The molecule has 7 rings (SSSR count). The first-order valence-corrected chi connectivity index (χ1v) is 23.0. The molecular formula is C49H57BrF3N5O8. The Morgan fingerprint density at radius 2 is 1.64 bits per heavy atom. The van der Waals surface area contributed by atoms with E-state index in [0.29, 0.717) is 107 Å². The zero-order valence-corrected chi connectivity index (χ0v) is 39.1. The maximum absolute atomic E-state index is 13.4. The number of H-pyrrole nitrogens is 1. The number of aryl methyl sites for hydroxylation is 3. The molecule has 5 aromatic rings. The summed E-state index contributed by atoms with van der Waals surface area (Å²) in [4.78, 5) is 41.6. The molecule has 0 spiro atoms. The van der Waals surface area contributed by atoms with Gasteiger partial charge in [-0.3, -0.25) is 24.5 Å². The maximum Gasteiger partial charge on any atom is 0.416 e. The van der Waals surface area contributed by atoms with Crippen molar-refractivity contribution >= 4 is 38.5 Å². The Bertz CT molecular complexity index is 2420. The molecule has 66 heavy (non-hydrogen) atoms. The molecule has 1 atom stereocenters. The summed E-state index contributed by atoms with van der Waals surface area (Å²) < 4.78 is 70.6. The second kappa shape index (κ2) is 22.3. The highest BCUT2D eigenvalue weighted by molar-refractivity contribution is 9.10. The molecule has 2 aromatic heterocycles. The van der Waals surface area contributed by atoms with Crippen LogP contribution in [0.1, 0.15) is 64.2 Å². The summed E-state index contributed by atoms with van der Waals surface area (Å²) in [5.41, 5.74) is 3.49. The van der Waals surface area contributed by atoms with E-state index in [1.165, 1.54) is 13.0 Å². The number of likely N-dealkylation sites (tertiary alicyclic amines) is 1. The van der Waals surface area contributed by atoms with Crippen LogP contribution in [-0.2, 0) is 55.0 Å². The van der Waals surface area contributed by atoms with Crippen LogP contribution in [0.4, 0.5) is 13.2 Å². The highest BCUT2D eigenvalue weighted by Crippen LogP contribution is 2.38. The van der Waals surface area contributed by atoms with Crippen LogP contribution in [0.25, 0.3) is 10.9 Å². The second-order valence-electron chi connectivity index (χ2n) is 17.1. The van der Waals surface area contributed by atoms with Crippen molar-refractivity contribution < 1.29 is 51.6 Å². The standard InChI is InChI=1S/C49H57BrF3N5O8/c1-32-20-36-24-46(56-44(36)26-42(32)49(51,52)53)48(61)9-11-57(12-10-48)29-35-4-6-40(7-5-35)65-19-18-63-17-16-62-14-8-47(60)58-13-15-64-41(30-58)31-66-45-21-33(2)43(50)23-37(45)22-39(59)25-38-28-54-34(3)27-55-38/h4-7,20-21,23-24,26-28,41,56,61H,8-19,22,25,29-31H2,1-3H3/t41-/m0/s1. The van der Waals surface area contributed by atoms with Gasteiger partial charge in [0.25, 0.3) is 0 Å². The maximum atomic E-state index is 13.4. The van der Waals surface area contributed by atoms with E-state index in [1.807, 2.05) is 50.2 Å². The molecule has 3 aromatic carbocycles. The minimum atomic E-state index is -4.44. The van der Waals surface area contributed by atoms with E-state index < -0.39 is 17.3 Å². The second-order valence-corrected chi connectivity index (χ2v) is 18.0. The van der Waals surface area contributed by atoms with E-state index >= 15 is 0 Å². The number of morpholine rings is 1. The number of aromatic nitrogens is 3. The minimum absolute atomic E-state index is 0.00650. The van der Waals surface area contributed by atoms with Crippen molar-refractivity contribution in [3.63, 3.8) is 0 Å². The van der Waals surface area contributed by atoms with Gasteiger partial charge in [-0.05, 0) is 92.8 Å². The van der Waals surface area contributed by atoms with Crippen LogP contribution in [0.5, 0.6) is 11.5 Å². The van der Waals surface area contributed by atoms with E-state index in [0.717, 1.165) is 38.7 Å². The molecule has 4 heterocycles. The van der Waals surface area contributed by atoms with Gasteiger partial charge in [-0.25, -0.2) is 0 Å². The number of Topliss-reactive ketones (excluding diaryl/α,β-unsaturated/α-hetero) is 1. The number of ketones is 1. The van der Waals surface area contributed by atoms with Crippen LogP contribution in [0.3, 0.4) is 0 Å². The smallest absolute Gasteiger partial charge is 0.416 e. The zero-order chi connectivity index (χ0) is 46.8. The molecular weight excluding hydrogens is 923 g/mol. The Balaban J connectivity index is 0.740. The highest BCUT2D eigenvalue weighted by atomic mass is 79.9. The molecule has 0 aliphatic carbocycles. The fraction of sp³-hybridized carbons (Fsp3) is 0.469. The lowest BCUT2D eigenvalue weighted by Crippen LogP contribution is -2.47. The lowest BCUT2D eigenvalue weighted by atomic mass is 9.88. The first-order valence-electron chi connectivity index (χ1n) is 22.3. The molecule has 2 N–H and O–H groups in total. The number of piperidine rings is 1. The summed E-state index contributed by atoms with van der Waals surface area (Å²) in [7, 11) is 0. The SMILES string of the molecule is Cc1cnc(CC(=O)Cc2cc(Br)c(C)cc2OC[C@@H]2CN(C(=O)CCOCCOCCOc3ccc(CN4CCC(O)(c5cc6cc(C)c(C(F)(F)F)cc6[nH]5)CC4)cc3)CCO2)cn1. The summed E-state index contributed by atoms with van der Waals surface area (Å²) in [6.45, 7) is 10.4. The van der Waals surface area contributed by atoms with E-state index in [-0.39, 0.29) is 55.8 Å². The number of hydrogen-bond donors (Lipinski definition) is 2. The van der Waals surface area contributed by atoms with Gasteiger partial charge in [-0.2, -0.15) is 13.2 Å². The van der Waals surface area contributed by atoms with Gasteiger partial charge in [0.15, 0.2) is 0 Å². The largest absolute Gasteiger partial charge is 0.491 e. The van der Waals surface area contributed by atoms with Gasteiger partial charge in [0, 0.05) is 71.6 Å². The highest BCUT2D eigenvalue weighted by Gasteiger charge is 2.37. The number of ether oxygens (including phenoxy) is 5. The van der Waals surface area contributed by atoms with Gasteiger partial charge in [0.1, 0.15) is 42.2 Å². The number of aliphatic hydroxyl groups is 1. The molecule has 13 nitrogen and oxygen atoms in total. The molecule has 0 unspecified atom stereocenters. The molecule has 0 radical (unpaired) electrons. The van der Waals surface area contributed by atoms with E-state index in [2.05, 4.69) is 35.8 Å². The number of fused-ring (bicyclic) bond motifs is 1. The fourth-order valence-electron chi connectivity index (χ4n) is 8.19. The third-order valence-corrected chi connectivity index (χ3v) is 12.8. The van der Waals surface area contributed by atoms with Crippen LogP contribution >= 0.6 is 15.9 Å². The van der Waals surface area contributed by atoms with E-state index in [4.69, 9.17) is 23.7 Å². The van der Waals surface area contributed by atoms with Crippen LogP contribution in [0.15, 0.2) is 71.5 Å². The average molecular weight is 981 g/mol. The number of nitrogens with one attached hydrogen (secondary N) is 1. The van der Waals surface area contributed by atoms with Crippen molar-refractivity contribution in [3.8, 4) is 11.5 Å². The molecule has 17 heteroatoms. The third-order valence-electron chi connectivity index (χ3n) is 12.0. The summed E-state index contributed by atoms with van der Waals surface area (Å²) in [5, 5.41) is 12.1. The van der Waals surface area contributed by atoms with Gasteiger partial charge in [-0.1, -0.05) is 28.1 Å². The number of amides is 1. The van der Waals surface area contributed by atoms with Gasteiger partial charge in [-0.15, -0.1) is 0 Å². The van der Waals surface area contributed by atoms with Crippen molar-refractivity contribution in [1.29, 1.82) is 0 Å². The molecule has 2 saturated heterocycles. The van der Waals surface area contributed by atoms with Crippen molar-refractivity contribution in [2.45, 2.75) is 77.3 Å². The molecule has 0 bridgehead atoms. The molecule has 354 valence electrons. The van der Waals surface area contributed by atoms with Crippen molar-refractivity contribution in [2.24, 2.45) is 0 Å². The van der Waals surface area contributed by atoms with E-state index in [9.17, 15) is 27.9 Å². The Hall–Kier alpha value is -4.91. The lowest BCUT2D eigenvalue weighted by molar-refractivity contribution is -0.141. The minimum Gasteiger partial charge on any atom is -0.491 e. The summed E-state index contributed by atoms with van der Waals surface area (Å²) >= 11 is 3.57. The number of rotatable bonds is 20.